The largest absolute Gasteiger partial charge is 0.573 e. The van der Waals surface area contributed by atoms with E-state index in [0.29, 0.717) is 6.29 Å². The summed E-state index contributed by atoms with van der Waals surface area (Å²) < 4.78 is 64.8. The van der Waals surface area contributed by atoms with Crippen molar-refractivity contribution in [2.45, 2.75) is 13.3 Å². The minimum absolute atomic E-state index is 0.0483. The second-order valence-electron chi connectivity index (χ2n) is 4.46. The molecule has 0 amide bonds. The molecular weight excluding hydrogens is 337 g/mol. The summed E-state index contributed by atoms with van der Waals surface area (Å²) in [6, 6.07) is 3.27. The standard InChI is InChI=1S/C13H11F3N2O4S/c1-2-23(20,21)18-7-11(6-17-18)10-3-9(8-19)4-12(5-10)22-13(14,15)16/h3-8H,2H2,1H3. The molecular formula is C13H11F3N2O4S. The normalized spacial score (nSPS) is 12.2. The molecule has 0 atom stereocenters. The number of carbonyl (C=O) groups excluding carboxylic acids is 1. The van der Waals surface area contributed by atoms with Crippen molar-refractivity contribution < 1.29 is 31.1 Å². The molecule has 0 bridgehead atoms. The van der Waals surface area contributed by atoms with Crippen LogP contribution in [0.25, 0.3) is 11.1 Å². The van der Waals surface area contributed by atoms with Crippen molar-refractivity contribution in [1.82, 2.24) is 9.19 Å². The van der Waals surface area contributed by atoms with E-state index >= 15 is 0 Å². The van der Waals surface area contributed by atoms with Gasteiger partial charge < -0.3 is 4.74 Å². The van der Waals surface area contributed by atoms with Gasteiger partial charge in [0.1, 0.15) is 12.0 Å². The van der Waals surface area contributed by atoms with Gasteiger partial charge in [0, 0.05) is 11.1 Å². The lowest BCUT2D eigenvalue weighted by atomic mass is 10.1. The van der Waals surface area contributed by atoms with Crippen LogP contribution in [0.1, 0.15) is 17.3 Å². The van der Waals surface area contributed by atoms with Gasteiger partial charge in [0.2, 0.25) is 0 Å². The first kappa shape index (κ1) is 17.0. The monoisotopic (exact) mass is 348 g/mol. The van der Waals surface area contributed by atoms with E-state index in [2.05, 4.69) is 9.84 Å². The molecule has 0 N–H and O–H groups in total. The van der Waals surface area contributed by atoms with Gasteiger partial charge in [-0.2, -0.15) is 9.19 Å². The van der Waals surface area contributed by atoms with Crippen LogP contribution < -0.4 is 4.74 Å². The Hall–Kier alpha value is -2.36. The number of nitrogens with zero attached hydrogens (tertiary/aromatic N) is 2. The highest BCUT2D eigenvalue weighted by Crippen LogP contribution is 2.29. The minimum atomic E-state index is -4.91. The van der Waals surface area contributed by atoms with E-state index in [1.807, 2.05) is 0 Å². The number of rotatable bonds is 5. The van der Waals surface area contributed by atoms with Crippen LogP contribution in [0.5, 0.6) is 5.75 Å². The zero-order chi connectivity index (χ0) is 17.3. The van der Waals surface area contributed by atoms with Crippen LogP contribution >= 0.6 is 0 Å². The average molecular weight is 348 g/mol. The topological polar surface area (TPSA) is 78.3 Å². The van der Waals surface area contributed by atoms with Crippen LogP contribution in [0, 0.1) is 0 Å². The maximum atomic E-state index is 12.3. The highest BCUT2D eigenvalue weighted by Gasteiger charge is 2.31. The molecule has 0 saturated carbocycles. The van der Waals surface area contributed by atoms with E-state index in [9.17, 15) is 26.4 Å². The number of halogens is 3. The van der Waals surface area contributed by atoms with Crippen molar-refractivity contribution in [1.29, 1.82) is 0 Å². The summed E-state index contributed by atoms with van der Waals surface area (Å²) in [7, 11) is -3.62. The number of hydrogen-bond donors (Lipinski definition) is 0. The van der Waals surface area contributed by atoms with E-state index < -0.39 is 22.1 Å². The second-order valence-corrected chi connectivity index (χ2v) is 6.57. The maximum absolute atomic E-state index is 12.3. The predicted molar refractivity (Wildman–Crippen MR) is 74.6 cm³/mol. The van der Waals surface area contributed by atoms with E-state index in [0.717, 1.165) is 22.4 Å². The number of benzene rings is 1. The maximum Gasteiger partial charge on any atom is 0.573 e. The molecule has 1 aromatic carbocycles. The highest BCUT2D eigenvalue weighted by atomic mass is 32.2. The number of hydrogen-bond acceptors (Lipinski definition) is 5. The first-order valence-corrected chi connectivity index (χ1v) is 7.90. The Balaban J connectivity index is 2.47. The number of carbonyl (C=O) groups is 1. The van der Waals surface area contributed by atoms with Gasteiger partial charge >= 0.3 is 6.36 Å². The quantitative estimate of drug-likeness (QED) is 0.776. The molecule has 0 aliphatic rings. The van der Waals surface area contributed by atoms with Gasteiger partial charge in [-0.25, -0.2) is 8.42 Å². The minimum Gasteiger partial charge on any atom is -0.406 e. The summed E-state index contributed by atoms with van der Waals surface area (Å²) in [5.74, 6) is -0.770. The Kier molecular flexibility index (Phi) is 4.46. The number of aldehydes is 1. The summed E-state index contributed by atoms with van der Waals surface area (Å²) in [6.07, 6.45) is -2.22. The van der Waals surface area contributed by atoms with Gasteiger partial charge in [-0.05, 0) is 30.7 Å². The van der Waals surface area contributed by atoms with Gasteiger partial charge in [0.15, 0.2) is 0 Å². The molecule has 0 radical (unpaired) electrons. The van der Waals surface area contributed by atoms with Crippen LogP contribution in [0.2, 0.25) is 0 Å². The highest BCUT2D eigenvalue weighted by molar-refractivity contribution is 7.89. The van der Waals surface area contributed by atoms with Crippen LogP contribution in [-0.4, -0.2) is 36.0 Å². The summed E-state index contributed by atoms with van der Waals surface area (Å²) >= 11 is 0. The Morgan fingerprint density at radius 3 is 2.52 bits per heavy atom. The molecule has 2 aromatic rings. The van der Waals surface area contributed by atoms with Crippen LogP contribution in [0.3, 0.4) is 0 Å². The van der Waals surface area contributed by atoms with E-state index in [4.69, 9.17) is 0 Å². The lowest BCUT2D eigenvalue weighted by Crippen LogP contribution is -2.17. The van der Waals surface area contributed by atoms with Crippen molar-refractivity contribution >= 4 is 16.3 Å². The zero-order valence-electron chi connectivity index (χ0n) is 11.7. The fourth-order valence-corrected chi connectivity index (χ4v) is 2.52. The van der Waals surface area contributed by atoms with Crippen molar-refractivity contribution in [3.63, 3.8) is 0 Å². The van der Waals surface area contributed by atoms with Crippen molar-refractivity contribution in [3.8, 4) is 16.9 Å². The van der Waals surface area contributed by atoms with Gasteiger partial charge in [-0.3, -0.25) is 4.79 Å². The van der Waals surface area contributed by atoms with Crippen LogP contribution in [0.4, 0.5) is 13.2 Å². The van der Waals surface area contributed by atoms with Crippen molar-refractivity contribution in [2.75, 3.05) is 5.75 Å². The lowest BCUT2D eigenvalue weighted by molar-refractivity contribution is -0.274. The summed E-state index contributed by atoms with van der Waals surface area (Å²) in [4.78, 5) is 10.9. The molecule has 1 aromatic heterocycles. The molecule has 1 heterocycles. The Morgan fingerprint density at radius 1 is 1.26 bits per heavy atom. The predicted octanol–water partition coefficient (Wildman–Crippen LogP) is 2.46. The Morgan fingerprint density at radius 2 is 1.96 bits per heavy atom. The van der Waals surface area contributed by atoms with E-state index in [-0.39, 0.29) is 22.4 Å². The first-order valence-electron chi connectivity index (χ1n) is 6.29. The first-order chi connectivity index (χ1) is 10.6. The summed E-state index contributed by atoms with van der Waals surface area (Å²) in [5.41, 5.74) is 0.358. The fraction of sp³-hybridized carbons (Fsp3) is 0.231. The third-order valence-electron chi connectivity index (χ3n) is 2.84. The number of aromatic nitrogens is 2. The van der Waals surface area contributed by atoms with Gasteiger partial charge in [0.05, 0.1) is 18.1 Å². The third kappa shape index (κ3) is 4.09. The van der Waals surface area contributed by atoms with E-state index in [1.54, 1.807) is 0 Å². The van der Waals surface area contributed by atoms with E-state index in [1.165, 1.54) is 19.2 Å². The lowest BCUT2D eigenvalue weighted by Gasteiger charge is -2.10. The molecule has 0 saturated heterocycles. The van der Waals surface area contributed by atoms with Gasteiger partial charge in [-0.15, -0.1) is 13.2 Å². The SMILES string of the molecule is CCS(=O)(=O)n1cc(-c2cc(C=O)cc(OC(F)(F)F)c2)cn1. The molecule has 124 valence electrons. The molecule has 2 rings (SSSR count). The van der Waals surface area contributed by atoms with Crippen molar-refractivity contribution in [3.05, 3.63) is 36.2 Å². The Labute approximate surface area is 129 Å². The fourth-order valence-electron chi connectivity index (χ4n) is 1.79. The second kappa shape index (κ2) is 6.03. The average Bonchev–Trinajstić information content (AvgIpc) is 2.95. The molecule has 0 spiro atoms. The molecule has 6 nitrogen and oxygen atoms in total. The molecule has 23 heavy (non-hydrogen) atoms. The van der Waals surface area contributed by atoms with Crippen molar-refractivity contribution in [2.24, 2.45) is 0 Å². The van der Waals surface area contributed by atoms with Gasteiger partial charge in [-0.1, -0.05) is 0 Å². The Bertz CT molecular complexity index is 828. The number of ether oxygens (including phenoxy) is 1. The molecule has 0 unspecified atom stereocenters. The third-order valence-corrected chi connectivity index (χ3v) is 4.34. The summed E-state index contributed by atoms with van der Waals surface area (Å²) in [5, 5.41) is 3.67. The number of alkyl halides is 3. The molecule has 10 heteroatoms. The van der Waals surface area contributed by atoms with Crippen LogP contribution in [0.15, 0.2) is 30.6 Å². The molecule has 0 aliphatic carbocycles. The van der Waals surface area contributed by atoms with Gasteiger partial charge in [0.25, 0.3) is 10.0 Å². The van der Waals surface area contributed by atoms with Crippen LogP contribution in [-0.2, 0) is 10.0 Å². The molecule has 0 aliphatic heterocycles. The smallest absolute Gasteiger partial charge is 0.406 e. The zero-order valence-corrected chi connectivity index (χ0v) is 12.6. The molecule has 0 fully saturated rings. The summed E-state index contributed by atoms with van der Waals surface area (Å²) in [6.45, 7) is 1.43.